The Kier molecular flexibility index (Phi) is 10.7. The molecule has 0 saturated heterocycles. The lowest BCUT2D eigenvalue weighted by molar-refractivity contribution is -0.191. The third-order valence-corrected chi connectivity index (χ3v) is 14.6. The van der Waals surface area contributed by atoms with Gasteiger partial charge in [0.1, 0.15) is 0 Å². The van der Waals surface area contributed by atoms with E-state index in [1.807, 2.05) is 13.8 Å². The fourth-order valence-corrected chi connectivity index (χ4v) is 9.55. The predicted octanol–water partition coefficient (Wildman–Crippen LogP) is 9.45. The third-order valence-electron chi connectivity index (χ3n) is 9.91. The first-order chi connectivity index (χ1) is 18.3. The standard InChI is InChI=1S/C34H56O4Si/c1-11-39(12-2,13-3)38-29-20-17-24(4)15-14-16-25(5)21-22-34(10)28(19-18-26(29)6)30-27(7)23-36-33(8,9)37-31(30)32(34)35/h15,18,21,27-29H,11-14,16-17,19-20,22-23H2,1-10H3/b24-15+,25-21+,26-18+/t27-,28-,29+,34+/m1/s1. The van der Waals surface area contributed by atoms with Crippen molar-refractivity contribution in [3.63, 3.8) is 0 Å². The Morgan fingerprint density at radius 2 is 1.62 bits per heavy atom. The Morgan fingerprint density at radius 1 is 0.974 bits per heavy atom. The third kappa shape index (κ3) is 7.26. The van der Waals surface area contributed by atoms with E-state index >= 15 is 0 Å². The summed E-state index contributed by atoms with van der Waals surface area (Å²) in [5, 5.41) is 0. The molecule has 5 heteroatoms. The lowest BCUT2D eigenvalue weighted by Gasteiger charge is -2.35. The maximum Gasteiger partial charge on any atom is 0.205 e. The highest BCUT2D eigenvalue weighted by Gasteiger charge is 2.54. The average molecular weight is 557 g/mol. The van der Waals surface area contributed by atoms with E-state index in [4.69, 9.17) is 13.9 Å². The molecule has 2 aliphatic carbocycles. The molecular formula is C34H56O4Si. The van der Waals surface area contributed by atoms with Gasteiger partial charge in [0.2, 0.25) is 11.6 Å². The van der Waals surface area contributed by atoms with E-state index in [0.29, 0.717) is 12.4 Å². The highest BCUT2D eigenvalue weighted by molar-refractivity contribution is 6.73. The van der Waals surface area contributed by atoms with Crippen LogP contribution >= 0.6 is 0 Å². The minimum absolute atomic E-state index is 0.0858. The molecular weight excluding hydrogens is 500 g/mol. The number of hydrogen-bond acceptors (Lipinski definition) is 4. The van der Waals surface area contributed by atoms with Crippen LogP contribution in [0.15, 0.2) is 46.3 Å². The molecule has 220 valence electrons. The van der Waals surface area contributed by atoms with Gasteiger partial charge >= 0.3 is 0 Å². The molecule has 3 aliphatic rings. The van der Waals surface area contributed by atoms with Crippen molar-refractivity contribution >= 4 is 14.1 Å². The fourth-order valence-electron chi connectivity index (χ4n) is 6.65. The second kappa shape index (κ2) is 13.0. The second-order valence-corrected chi connectivity index (χ2v) is 17.9. The number of Topliss-reactive ketones (excluding diaryl/α,β-unsaturated/α-hetero) is 1. The van der Waals surface area contributed by atoms with Crippen LogP contribution in [-0.2, 0) is 18.7 Å². The molecule has 0 aromatic carbocycles. The van der Waals surface area contributed by atoms with E-state index in [0.717, 1.165) is 62.2 Å². The van der Waals surface area contributed by atoms with Gasteiger partial charge in [0, 0.05) is 31.1 Å². The molecule has 0 unspecified atom stereocenters. The van der Waals surface area contributed by atoms with E-state index in [2.05, 4.69) is 73.6 Å². The average Bonchev–Trinajstić information content (AvgIpc) is 3.01. The normalized spacial score (nSPS) is 35.1. The number of fused-ring (bicyclic) bond motifs is 2. The van der Waals surface area contributed by atoms with Crippen molar-refractivity contribution < 1.29 is 18.7 Å². The molecule has 0 radical (unpaired) electrons. The maximum absolute atomic E-state index is 14.2. The zero-order chi connectivity index (χ0) is 29.0. The van der Waals surface area contributed by atoms with Crippen LogP contribution in [0.5, 0.6) is 0 Å². The van der Waals surface area contributed by atoms with Crippen molar-refractivity contribution in [2.24, 2.45) is 17.3 Å². The number of carbonyl (C=O) groups excluding carboxylic acids is 1. The smallest absolute Gasteiger partial charge is 0.205 e. The zero-order valence-electron chi connectivity index (χ0n) is 26.7. The van der Waals surface area contributed by atoms with Crippen molar-refractivity contribution in [2.75, 3.05) is 6.61 Å². The van der Waals surface area contributed by atoms with Gasteiger partial charge in [0.25, 0.3) is 0 Å². The quantitative estimate of drug-likeness (QED) is 0.250. The van der Waals surface area contributed by atoms with Gasteiger partial charge in [-0.2, -0.15) is 0 Å². The predicted molar refractivity (Wildman–Crippen MR) is 165 cm³/mol. The summed E-state index contributed by atoms with van der Waals surface area (Å²) in [6, 6.07) is 3.46. The van der Waals surface area contributed by atoms with E-state index in [-0.39, 0.29) is 23.7 Å². The van der Waals surface area contributed by atoms with Crippen molar-refractivity contribution in [3.05, 3.63) is 46.3 Å². The summed E-state index contributed by atoms with van der Waals surface area (Å²) in [6.45, 7) is 22.4. The van der Waals surface area contributed by atoms with Gasteiger partial charge in [-0.05, 0) is 88.6 Å². The van der Waals surface area contributed by atoms with E-state index in [1.165, 1.54) is 16.7 Å². The summed E-state index contributed by atoms with van der Waals surface area (Å²) in [5.41, 5.74) is 4.76. The van der Waals surface area contributed by atoms with Crippen LogP contribution in [0.2, 0.25) is 18.1 Å². The fraction of sp³-hybridized carbons (Fsp3) is 0.735. The van der Waals surface area contributed by atoms with Gasteiger partial charge in [-0.3, -0.25) is 4.79 Å². The number of rotatable bonds is 5. The summed E-state index contributed by atoms with van der Waals surface area (Å²) in [4.78, 5) is 14.2. The highest BCUT2D eigenvalue weighted by atomic mass is 28.4. The van der Waals surface area contributed by atoms with Gasteiger partial charge in [0.05, 0.1) is 12.7 Å². The lowest BCUT2D eigenvalue weighted by Crippen LogP contribution is -2.40. The molecule has 1 heterocycles. The summed E-state index contributed by atoms with van der Waals surface area (Å²) in [6.07, 6.45) is 13.0. The Bertz CT molecular complexity index is 1000. The monoisotopic (exact) mass is 556 g/mol. The molecule has 0 amide bonds. The van der Waals surface area contributed by atoms with Crippen LogP contribution in [0.3, 0.4) is 0 Å². The van der Waals surface area contributed by atoms with Crippen molar-refractivity contribution in [1.29, 1.82) is 0 Å². The van der Waals surface area contributed by atoms with Crippen molar-refractivity contribution in [2.45, 2.75) is 138 Å². The van der Waals surface area contributed by atoms with Gasteiger partial charge in [-0.25, -0.2) is 0 Å². The summed E-state index contributed by atoms with van der Waals surface area (Å²) in [5.74, 6) is 0.130. The molecule has 1 aliphatic heterocycles. The van der Waals surface area contributed by atoms with E-state index < -0.39 is 19.5 Å². The van der Waals surface area contributed by atoms with Crippen LogP contribution in [0.25, 0.3) is 0 Å². The SMILES string of the molecule is CC[Si](CC)(CC)O[C@H]1CC/C(C)=C/CC/C(C)=C/C[C@]2(C)C(=O)C3=C([C@H](C)COC(C)(C)O3)[C@H]2C/C=C/1C. The number of ketones is 1. The molecule has 0 N–H and O–H groups in total. The Labute approximate surface area is 240 Å². The van der Waals surface area contributed by atoms with Gasteiger partial charge in [-0.15, -0.1) is 0 Å². The van der Waals surface area contributed by atoms with Crippen molar-refractivity contribution in [3.8, 4) is 0 Å². The van der Waals surface area contributed by atoms with Crippen molar-refractivity contribution in [1.82, 2.24) is 0 Å². The minimum atomic E-state index is -1.78. The molecule has 0 bridgehead atoms. The molecule has 0 saturated carbocycles. The number of allylic oxidation sites excluding steroid dienone is 6. The molecule has 0 aromatic rings. The van der Waals surface area contributed by atoms with Gasteiger partial charge in [0.15, 0.2) is 14.1 Å². The summed E-state index contributed by atoms with van der Waals surface area (Å²) in [7, 11) is -1.78. The van der Waals surface area contributed by atoms with Crippen LogP contribution in [0, 0.1) is 17.3 Å². The number of ether oxygens (including phenoxy) is 2. The first-order valence-corrected chi connectivity index (χ1v) is 18.1. The summed E-state index contributed by atoms with van der Waals surface area (Å²) >= 11 is 0. The molecule has 0 aromatic heterocycles. The Hall–Kier alpha value is -1.43. The van der Waals surface area contributed by atoms with Crippen LogP contribution in [0.1, 0.15) is 108 Å². The number of carbonyl (C=O) groups is 1. The largest absolute Gasteiger partial charge is 0.459 e. The first-order valence-electron chi connectivity index (χ1n) is 15.6. The Balaban J connectivity index is 2.08. The van der Waals surface area contributed by atoms with E-state index in [9.17, 15) is 4.79 Å². The lowest BCUT2D eigenvalue weighted by atomic mass is 9.70. The molecule has 4 nitrogen and oxygen atoms in total. The minimum Gasteiger partial charge on any atom is -0.459 e. The molecule has 39 heavy (non-hydrogen) atoms. The molecule has 0 spiro atoms. The van der Waals surface area contributed by atoms with Crippen LogP contribution < -0.4 is 0 Å². The first kappa shape index (κ1) is 32.1. The van der Waals surface area contributed by atoms with Gasteiger partial charge in [-0.1, -0.05) is 64.0 Å². The second-order valence-electron chi connectivity index (χ2n) is 13.2. The highest BCUT2D eigenvalue weighted by Crippen LogP contribution is 2.53. The zero-order valence-corrected chi connectivity index (χ0v) is 27.7. The number of hydrogen-bond donors (Lipinski definition) is 0. The molecule has 0 fully saturated rings. The molecule has 3 rings (SSSR count). The summed E-state index contributed by atoms with van der Waals surface area (Å²) < 4.78 is 19.6. The molecule has 4 atom stereocenters. The maximum atomic E-state index is 14.2. The Morgan fingerprint density at radius 3 is 2.26 bits per heavy atom. The topological polar surface area (TPSA) is 44.8 Å². The van der Waals surface area contributed by atoms with Crippen LogP contribution in [-0.4, -0.2) is 32.6 Å². The van der Waals surface area contributed by atoms with E-state index in [1.54, 1.807) is 0 Å². The van der Waals surface area contributed by atoms with Gasteiger partial charge < -0.3 is 13.9 Å². The van der Waals surface area contributed by atoms with Crippen LogP contribution in [0.4, 0.5) is 0 Å².